The van der Waals surface area contributed by atoms with Crippen LogP contribution in [-0.2, 0) is 10.0 Å². The maximum absolute atomic E-state index is 13.5. The number of rotatable bonds is 7. The molecule has 2 aromatic heterocycles. The number of aromatic nitrogens is 3. The Bertz CT molecular complexity index is 1520. The van der Waals surface area contributed by atoms with E-state index < -0.39 is 10.0 Å². The Morgan fingerprint density at radius 1 is 1.03 bits per heavy atom. The summed E-state index contributed by atoms with van der Waals surface area (Å²) in [6, 6.07) is 16.8. The zero-order valence-electron chi connectivity index (χ0n) is 18.2. The van der Waals surface area contributed by atoms with Crippen LogP contribution < -0.4 is 5.56 Å². The van der Waals surface area contributed by atoms with Crippen LogP contribution in [0.1, 0.15) is 23.3 Å². The Morgan fingerprint density at radius 3 is 2.59 bits per heavy atom. The molecule has 1 N–H and O–H groups in total. The first-order valence-electron chi connectivity index (χ1n) is 10.9. The van der Waals surface area contributed by atoms with Crippen molar-refractivity contribution >= 4 is 38.5 Å². The molecule has 1 aliphatic rings. The van der Waals surface area contributed by atoms with Gasteiger partial charge in [0.05, 0.1) is 32.9 Å². The van der Waals surface area contributed by atoms with Crippen LogP contribution in [0.5, 0.6) is 0 Å². The van der Waals surface area contributed by atoms with E-state index in [0.717, 1.165) is 24.6 Å². The number of fused-ring (bicyclic) bond motifs is 1. The van der Waals surface area contributed by atoms with E-state index >= 15 is 0 Å². The minimum absolute atomic E-state index is 0.0665. The van der Waals surface area contributed by atoms with Gasteiger partial charge in [0.25, 0.3) is 5.56 Å². The van der Waals surface area contributed by atoms with Gasteiger partial charge in [-0.2, -0.15) is 4.31 Å². The van der Waals surface area contributed by atoms with E-state index in [-0.39, 0.29) is 22.0 Å². The number of hydrogen-bond donors (Lipinski definition) is 1. The third-order valence-corrected chi connectivity index (χ3v) is 8.59. The standard InChI is InChI=1S/C24H22N4O4S2/c29-22(21-11-6-12-25-21)16-33-24-26-20-10-2-1-9-19(20)23(30)28(24)17-7-5-8-18(15-17)34(31,32)27-13-3-4-14-27/h1-2,5-12,15,25H,3-4,13-14,16H2. The summed E-state index contributed by atoms with van der Waals surface area (Å²) in [5.74, 6) is -0.0637. The average molecular weight is 495 g/mol. The van der Waals surface area contributed by atoms with Crippen molar-refractivity contribution in [3.63, 3.8) is 0 Å². The summed E-state index contributed by atoms with van der Waals surface area (Å²) in [5, 5.41) is 0.731. The molecule has 4 aromatic rings. The number of benzene rings is 2. The quantitative estimate of drug-likeness (QED) is 0.240. The maximum Gasteiger partial charge on any atom is 0.266 e. The number of sulfonamides is 1. The third-order valence-electron chi connectivity index (χ3n) is 5.75. The van der Waals surface area contributed by atoms with Crippen molar-refractivity contribution in [2.24, 2.45) is 0 Å². The number of nitrogens with zero attached hydrogens (tertiary/aromatic N) is 3. The molecule has 8 nitrogen and oxygen atoms in total. The lowest BCUT2D eigenvalue weighted by atomic mass is 10.2. The number of carbonyl (C=O) groups excluding carboxylic acids is 1. The molecule has 2 aromatic carbocycles. The van der Waals surface area contributed by atoms with Crippen LogP contribution in [0.2, 0.25) is 0 Å². The van der Waals surface area contributed by atoms with Gasteiger partial charge in [0.1, 0.15) is 0 Å². The van der Waals surface area contributed by atoms with Crippen LogP contribution >= 0.6 is 11.8 Å². The molecule has 1 aliphatic heterocycles. The van der Waals surface area contributed by atoms with Gasteiger partial charge in [-0.25, -0.2) is 13.4 Å². The SMILES string of the molecule is O=C(CSc1nc2ccccc2c(=O)n1-c1cccc(S(=O)(=O)N2CCCC2)c1)c1ccc[nH]1. The van der Waals surface area contributed by atoms with Gasteiger partial charge in [-0.15, -0.1) is 0 Å². The number of hydrogen-bond acceptors (Lipinski definition) is 6. The Morgan fingerprint density at radius 2 is 1.82 bits per heavy atom. The molecule has 0 spiro atoms. The normalized spacial score (nSPS) is 14.6. The highest BCUT2D eigenvalue weighted by Crippen LogP contribution is 2.26. The molecule has 0 atom stereocenters. The van der Waals surface area contributed by atoms with Crippen molar-refractivity contribution in [3.05, 3.63) is 82.9 Å². The average Bonchev–Trinajstić information content (AvgIpc) is 3.58. The predicted molar refractivity (Wildman–Crippen MR) is 131 cm³/mol. The second-order valence-electron chi connectivity index (χ2n) is 7.96. The molecule has 34 heavy (non-hydrogen) atoms. The maximum atomic E-state index is 13.5. The molecular weight excluding hydrogens is 472 g/mol. The topological polar surface area (TPSA) is 105 Å². The van der Waals surface area contributed by atoms with Crippen molar-refractivity contribution in [1.29, 1.82) is 0 Å². The van der Waals surface area contributed by atoms with Gasteiger partial charge in [0.2, 0.25) is 10.0 Å². The highest BCUT2D eigenvalue weighted by atomic mass is 32.2. The van der Waals surface area contributed by atoms with Gasteiger partial charge < -0.3 is 4.98 Å². The second-order valence-corrected chi connectivity index (χ2v) is 10.8. The first-order valence-corrected chi connectivity index (χ1v) is 13.3. The van der Waals surface area contributed by atoms with E-state index in [1.165, 1.54) is 21.0 Å². The molecule has 0 amide bonds. The minimum Gasteiger partial charge on any atom is -0.359 e. The summed E-state index contributed by atoms with van der Waals surface area (Å²) in [7, 11) is -3.66. The summed E-state index contributed by atoms with van der Waals surface area (Å²) in [4.78, 5) is 33.7. The Kier molecular flexibility index (Phi) is 6.11. The van der Waals surface area contributed by atoms with Gasteiger partial charge in [-0.05, 0) is 55.3 Å². The number of thioether (sulfide) groups is 1. The summed E-state index contributed by atoms with van der Waals surface area (Å²) in [6.07, 6.45) is 3.35. The molecule has 3 heterocycles. The van der Waals surface area contributed by atoms with Crippen LogP contribution in [-0.4, -0.2) is 51.9 Å². The number of carbonyl (C=O) groups is 1. The molecule has 0 saturated carbocycles. The lowest BCUT2D eigenvalue weighted by Crippen LogP contribution is -2.28. The number of ketones is 1. The largest absolute Gasteiger partial charge is 0.359 e. The van der Waals surface area contributed by atoms with E-state index in [9.17, 15) is 18.0 Å². The van der Waals surface area contributed by atoms with E-state index in [4.69, 9.17) is 0 Å². The minimum atomic E-state index is -3.66. The number of Topliss-reactive ketones (excluding diaryl/α,β-unsaturated/α-hetero) is 1. The predicted octanol–water partition coefficient (Wildman–Crippen LogP) is 3.47. The molecule has 1 fully saturated rings. The Hall–Kier alpha value is -3.21. The zero-order chi connectivity index (χ0) is 23.7. The fourth-order valence-corrected chi connectivity index (χ4v) is 6.46. The summed E-state index contributed by atoms with van der Waals surface area (Å²) >= 11 is 1.14. The first kappa shape index (κ1) is 22.6. The van der Waals surface area contributed by atoms with Gasteiger partial charge in [0, 0.05) is 19.3 Å². The molecule has 0 bridgehead atoms. The van der Waals surface area contributed by atoms with Gasteiger partial charge in [-0.3, -0.25) is 14.2 Å². The van der Waals surface area contributed by atoms with Crippen LogP contribution in [0.15, 0.2) is 81.7 Å². The molecule has 1 saturated heterocycles. The molecule has 10 heteroatoms. The van der Waals surface area contributed by atoms with Gasteiger partial charge in [0.15, 0.2) is 10.9 Å². The number of aromatic amines is 1. The van der Waals surface area contributed by atoms with Crippen LogP contribution in [0.4, 0.5) is 0 Å². The smallest absolute Gasteiger partial charge is 0.266 e. The first-order chi connectivity index (χ1) is 16.4. The van der Waals surface area contributed by atoms with Crippen molar-refractivity contribution in [2.75, 3.05) is 18.8 Å². The van der Waals surface area contributed by atoms with E-state index in [2.05, 4.69) is 9.97 Å². The molecule has 174 valence electrons. The molecular formula is C24H22N4O4S2. The summed E-state index contributed by atoms with van der Waals surface area (Å²) < 4.78 is 29.1. The monoisotopic (exact) mass is 494 g/mol. The summed E-state index contributed by atoms with van der Waals surface area (Å²) in [5.41, 5.74) is 1.05. The molecule has 0 radical (unpaired) electrons. The van der Waals surface area contributed by atoms with Crippen molar-refractivity contribution < 1.29 is 13.2 Å². The van der Waals surface area contributed by atoms with Crippen molar-refractivity contribution in [2.45, 2.75) is 22.9 Å². The number of nitrogens with one attached hydrogen (secondary N) is 1. The number of H-pyrrole nitrogens is 1. The Balaban J connectivity index is 1.59. The van der Waals surface area contributed by atoms with E-state index in [0.29, 0.717) is 40.5 Å². The number of para-hydroxylation sites is 1. The van der Waals surface area contributed by atoms with Crippen LogP contribution in [0.3, 0.4) is 0 Å². The lowest BCUT2D eigenvalue weighted by molar-refractivity contribution is 0.101. The van der Waals surface area contributed by atoms with E-state index in [1.807, 2.05) is 0 Å². The van der Waals surface area contributed by atoms with E-state index in [1.54, 1.807) is 54.7 Å². The van der Waals surface area contributed by atoms with Crippen molar-refractivity contribution in [3.8, 4) is 5.69 Å². The summed E-state index contributed by atoms with van der Waals surface area (Å²) in [6.45, 7) is 0.984. The lowest BCUT2D eigenvalue weighted by Gasteiger charge is -2.17. The third kappa shape index (κ3) is 4.20. The zero-order valence-corrected chi connectivity index (χ0v) is 19.8. The van der Waals surface area contributed by atoms with Gasteiger partial charge >= 0.3 is 0 Å². The fourth-order valence-electron chi connectivity index (χ4n) is 4.01. The van der Waals surface area contributed by atoms with Crippen molar-refractivity contribution in [1.82, 2.24) is 18.8 Å². The van der Waals surface area contributed by atoms with Gasteiger partial charge in [-0.1, -0.05) is 30.0 Å². The highest BCUT2D eigenvalue weighted by molar-refractivity contribution is 7.99. The van der Waals surface area contributed by atoms with Crippen LogP contribution in [0, 0.1) is 0 Å². The van der Waals surface area contributed by atoms with Crippen LogP contribution in [0.25, 0.3) is 16.6 Å². The Labute approximate surface area is 200 Å². The molecule has 5 rings (SSSR count). The molecule has 0 aliphatic carbocycles. The fraction of sp³-hybridized carbons (Fsp3) is 0.208. The highest BCUT2D eigenvalue weighted by Gasteiger charge is 2.27. The second kappa shape index (κ2) is 9.21. The molecule has 0 unspecified atom stereocenters.